The van der Waals surface area contributed by atoms with Gasteiger partial charge in [-0.15, -0.1) is 5.10 Å². The summed E-state index contributed by atoms with van der Waals surface area (Å²) in [6.07, 6.45) is 0. The van der Waals surface area contributed by atoms with Crippen molar-refractivity contribution in [3.05, 3.63) is 41.5 Å². The topological polar surface area (TPSA) is 56.7 Å². The summed E-state index contributed by atoms with van der Waals surface area (Å²) in [5.74, 6) is -0.114. The van der Waals surface area contributed by atoms with Gasteiger partial charge in [0.25, 0.3) is 0 Å². The smallest absolute Gasteiger partial charge is 0.148 e. The van der Waals surface area contributed by atoms with Crippen LogP contribution in [0.15, 0.2) is 24.3 Å². The summed E-state index contributed by atoms with van der Waals surface area (Å²) in [4.78, 5) is 0. The van der Waals surface area contributed by atoms with Crippen molar-refractivity contribution in [3.8, 4) is 5.69 Å². The third kappa shape index (κ3) is 2.06. The molecule has 2 N–H and O–H groups in total. The minimum atomic E-state index is -0.331. The number of aromatic nitrogens is 3. The molecule has 0 atom stereocenters. The molecule has 0 bridgehead atoms. The zero-order valence-corrected chi connectivity index (χ0v) is 9.89. The average molecular weight is 234 g/mol. The molecule has 0 saturated carbocycles. The first-order valence-corrected chi connectivity index (χ1v) is 5.54. The molecule has 0 aliphatic heterocycles. The summed E-state index contributed by atoms with van der Waals surface area (Å²) in [6, 6.07) is 6.45. The molecule has 0 spiro atoms. The third-order valence-corrected chi connectivity index (χ3v) is 2.61. The van der Waals surface area contributed by atoms with Crippen LogP contribution in [0.2, 0.25) is 0 Å². The molecule has 1 aromatic heterocycles. The van der Waals surface area contributed by atoms with Gasteiger partial charge in [-0.3, -0.25) is 0 Å². The van der Waals surface area contributed by atoms with Crippen molar-refractivity contribution in [2.75, 3.05) is 0 Å². The molecular formula is C12H15FN4. The van der Waals surface area contributed by atoms with Gasteiger partial charge in [-0.25, -0.2) is 9.07 Å². The molecule has 0 unspecified atom stereocenters. The van der Waals surface area contributed by atoms with E-state index in [9.17, 15) is 4.39 Å². The maximum atomic E-state index is 13.7. The predicted octanol–water partition coefficient (Wildman–Crippen LogP) is 1.99. The second-order valence-corrected chi connectivity index (χ2v) is 4.14. The maximum absolute atomic E-state index is 13.7. The van der Waals surface area contributed by atoms with Crippen LogP contribution in [0.3, 0.4) is 0 Å². The quantitative estimate of drug-likeness (QED) is 0.883. The van der Waals surface area contributed by atoms with Crippen molar-refractivity contribution < 1.29 is 4.39 Å². The fourth-order valence-electron chi connectivity index (χ4n) is 1.77. The van der Waals surface area contributed by atoms with E-state index in [0.717, 1.165) is 11.4 Å². The molecule has 0 fully saturated rings. The first-order chi connectivity index (χ1) is 8.15. The predicted molar refractivity (Wildman–Crippen MR) is 63.3 cm³/mol. The van der Waals surface area contributed by atoms with Crippen molar-refractivity contribution >= 4 is 0 Å². The van der Waals surface area contributed by atoms with Gasteiger partial charge in [-0.05, 0) is 18.1 Å². The molecule has 90 valence electrons. The molecule has 4 nitrogen and oxygen atoms in total. The van der Waals surface area contributed by atoms with Crippen molar-refractivity contribution in [2.45, 2.75) is 26.3 Å². The maximum Gasteiger partial charge on any atom is 0.148 e. The summed E-state index contributed by atoms with van der Waals surface area (Å²) in [6.45, 7) is 4.30. The molecule has 1 aromatic carbocycles. The third-order valence-electron chi connectivity index (χ3n) is 2.61. The van der Waals surface area contributed by atoms with Crippen molar-refractivity contribution in [1.29, 1.82) is 0 Å². The van der Waals surface area contributed by atoms with E-state index < -0.39 is 0 Å². The second-order valence-electron chi connectivity index (χ2n) is 4.14. The van der Waals surface area contributed by atoms with Crippen molar-refractivity contribution in [3.63, 3.8) is 0 Å². The Bertz CT molecular complexity index is 519. The molecule has 1 heterocycles. The molecule has 17 heavy (non-hydrogen) atoms. The summed E-state index contributed by atoms with van der Waals surface area (Å²) in [5, 5.41) is 8.06. The lowest BCUT2D eigenvalue weighted by atomic mass is 10.1. The van der Waals surface area contributed by atoms with Crippen LogP contribution in [0.5, 0.6) is 0 Å². The Balaban J connectivity index is 2.57. The van der Waals surface area contributed by atoms with E-state index in [0.29, 0.717) is 5.69 Å². The zero-order chi connectivity index (χ0) is 12.4. The van der Waals surface area contributed by atoms with Crippen molar-refractivity contribution in [2.24, 2.45) is 5.73 Å². The monoisotopic (exact) mass is 234 g/mol. The average Bonchev–Trinajstić information content (AvgIpc) is 2.73. The van der Waals surface area contributed by atoms with E-state index in [1.54, 1.807) is 18.2 Å². The number of benzene rings is 1. The van der Waals surface area contributed by atoms with Crippen LogP contribution in [0.4, 0.5) is 4.39 Å². The Morgan fingerprint density at radius 1 is 1.35 bits per heavy atom. The Kier molecular flexibility index (Phi) is 3.19. The van der Waals surface area contributed by atoms with Crippen LogP contribution < -0.4 is 5.73 Å². The van der Waals surface area contributed by atoms with Crippen LogP contribution in [-0.2, 0) is 6.54 Å². The highest BCUT2D eigenvalue weighted by Gasteiger charge is 2.17. The van der Waals surface area contributed by atoms with Crippen LogP contribution >= 0.6 is 0 Å². The van der Waals surface area contributed by atoms with E-state index in [1.807, 2.05) is 13.8 Å². The standard InChI is InChI=1S/C12H15FN4/c1-8(2)12-11(7-14)17(16-15-12)10-6-4-3-5-9(10)13/h3-6,8H,7,14H2,1-2H3. The second kappa shape index (κ2) is 4.63. The molecule has 2 aromatic rings. The fraction of sp³-hybridized carbons (Fsp3) is 0.333. The highest BCUT2D eigenvalue weighted by molar-refractivity contribution is 5.35. The number of hydrogen-bond donors (Lipinski definition) is 1. The van der Waals surface area contributed by atoms with E-state index in [4.69, 9.17) is 5.73 Å². The Morgan fingerprint density at radius 2 is 2.06 bits per heavy atom. The lowest BCUT2D eigenvalue weighted by Crippen LogP contribution is -2.10. The van der Waals surface area contributed by atoms with Gasteiger partial charge in [-0.2, -0.15) is 0 Å². The molecule has 0 amide bonds. The van der Waals surface area contributed by atoms with Gasteiger partial charge < -0.3 is 5.73 Å². The fourth-order valence-corrected chi connectivity index (χ4v) is 1.77. The number of halogens is 1. The van der Waals surface area contributed by atoms with E-state index in [2.05, 4.69) is 10.3 Å². The van der Waals surface area contributed by atoms with Gasteiger partial charge >= 0.3 is 0 Å². The normalized spacial score (nSPS) is 11.1. The van der Waals surface area contributed by atoms with Crippen molar-refractivity contribution in [1.82, 2.24) is 15.0 Å². The lowest BCUT2D eigenvalue weighted by molar-refractivity contribution is 0.602. The SMILES string of the molecule is CC(C)c1nnn(-c2ccccc2F)c1CN. The van der Waals surface area contributed by atoms with Gasteiger partial charge in [0.15, 0.2) is 0 Å². The summed E-state index contributed by atoms with van der Waals surface area (Å²) >= 11 is 0. The van der Waals surface area contributed by atoms with Gasteiger partial charge in [0, 0.05) is 6.54 Å². The lowest BCUT2D eigenvalue weighted by Gasteiger charge is -2.08. The minimum absolute atomic E-state index is 0.217. The molecule has 0 saturated heterocycles. The summed E-state index contributed by atoms with van der Waals surface area (Å²) in [7, 11) is 0. The highest BCUT2D eigenvalue weighted by atomic mass is 19.1. The highest BCUT2D eigenvalue weighted by Crippen LogP contribution is 2.20. The number of nitrogens with two attached hydrogens (primary N) is 1. The Hall–Kier alpha value is -1.75. The van der Waals surface area contributed by atoms with Gasteiger partial charge in [0.1, 0.15) is 11.5 Å². The van der Waals surface area contributed by atoms with Gasteiger partial charge in [0.05, 0.1) is 11.4 Å². The van der Waals surface area contributed by atoms with Gasteiger partial charge in [0.2, 0.25) is 0 Å². The van der Waals surface area contributed by atoms with Crippen LogP contribution in [0.25, 0.3) is 5.69 Å². The van der Waals surface area contributed by atoms with Gasteiger partial charge in [-0.1, -0.05) is 31.2 Å². The number of hydrogen-bond acceptors (Lipinski definition) is 3. The molecular weight excluding hydrogens is 219 g/mol. The summed E-state index contributed by atoms with van der Waals surface area (Å²) in [5.41, 5.74) is 7.65. The molecule has 0 radical (unpaired) electrons. The minimum Gasteiger partial charge on any atom is -0.325 e. The Morgan fingerprint density at radius 3 is 2.65 bits per heavy atom. The first kappa shape index (κ1) is 11.7. The molecule has 0 aliphatic carbocycles. The number of para-hydroxylation sites is 1. The summed E-state index contributed by atoms with van der Waals surface area (Å²) < 4.78 is 15.1. The van der Waals surface area contributed by atoms with Crippen LogP contribution in [0.1, 0.15) is 31.2 Å². The first-order valence-electron chi connectivity index (χ1n) is 5.54. The Labute approximate surface area is 99.2 Å². The van der Waals surface area contributed by atoms with E-state index in [1.165, 1.54) is 10.7 Å². The molecule has 2 rings (SSSR count). The largest absolute Gasteiger partial charge is 0.325 e. The van der Waals surface area contributed by atoms with Crippen LogP contribution in [0, 0.1) is 5.82 Å². The molecule has 0 aliphatic rings. The number of rotatable bonds is 3. The van der Waals surface area contributed by atoms with E-state index in [-0.39, 0.29) is 18.3 Å². The van der Waals surface area contributed by atoms with E-state index >= 15 is 0 Å². The number of nitrogens with zero attached hydrogens (tertiary/aromatic N) is 3. The van der Waals surface area contributed by atoms with Crippen LogP contribution in [-0.4, -0.2) is 15.0 Å². The molecule has 5 heteroatoms. The zero-order valence-electron chi connectivity index (χ0n) is 9.89.